The molecule has 7 heteroatoms. The van der Waals surface area contributed by atoms with Gasteiger partial charge in [-0.2, -0.15) is 0 Å². The van der Waals surface area contributed by atoms with Crippen LogP contribution in [0.5, 0.6) is 0 Å². The van der Waals surface area contributed by atoms with Gasteiger partial charge in [-0.05, 0) is 30.9 Å². The van der Waals surface area contributed by atoms with E-state index in [1.165, 1.54) is 11.3 Å². The molecule has 0 saturated heterocycles. The smallest absolute Gasteiger partial charge is 0.251 e. The summed E-state index contributed by atoms with van der Waals surface area (Å²) in [6.45, 7) is 6.24. The fourth-order valence-corrected chi connectivity index (χ4v) is 4.07. The molecule has 0 saturated carbocycles. The number of aryl methyl sites for hydroxylation is 1. The number of carbonyl (C=O) groups is 3. The van der Waals surface area contributed by atoms with Crippen molar-refractivity contribution in [1.82, 2.24) is 10.3 Å². The molecule has 0 fully saturated rings. The third-order valence-corrected chi connectivity index (χ3v) is 5.45. The number of hydrogen-bond acceptors (Lipinski definition) is 5. The fraction of sp³-hybridized carbons (Fsp3) is 0.400. The van der Waals surface area contributed by atoms with Crippen LogP contribution in [0.4, 0.5) is 5.13 Å². The van der Waals surface area contributed by atoms with E-state index in [1.807, 2.05) is 32.9 Å². The van der Waals surface area contributed by atoms with Crippen molar-refractivity contribution in [3.05, 3.63) is 46.0 Å². The molecule has 0 radical (unpaired) electrons. The predicted octanol–water partition coefficient (Wildman–Crippen LogP) is 3.37. The second-order valence-electron chi connectivity index (χ2n) is 7.66. The van der Waals surface area contributed by atoms with Gasteiger partial charge in [-0.1, -0.05) is 42.9 Å². The number of hydrogen-bond donors (Lipinski definition) is 2. The van der Waals surface area contributed by atoms with E-state index in [0.717, 1.165) is 17.7 Å². The second kappa shape index (κ2) is 7.60. The molecule has 1 aliphatic rings. The number of benzene rings is 1. The summed E-state index contributed by atoms with van der Waals surface area (Å²) in [5.41, 5.74) is 2.25. The molecule has 2 N–H and O–H groups in total. The van der Waals surface area contributed by atoms with Gasteiger partial charge in [0.05, 0.1) is 10.6 Å². The van der Waals surface area contributed by atoms with Gasteiger partial charge in [-0.25, -0.2) is 4.98 Å². The minimum absolute atomic E-state index is 0.0877. The van der Waals surface area contributed by atoms with Gasteiger partial charge in [-0.15, -0.1) is 0 Å². The maximum absolute atomic E-state index is 12.2. The molecule has 1 aromatic heterocycles. The molecule has 1 aromatic carbocycles. The third-order valence-electron chi connectivity index (χ3n) is 4.40. The molecule has 6 nitrogen and oxygen atoms in total. The number of aromatic nitrogens is 1. The Kier molecular flexibility index (Phi) is 5.41. The van der Waals surface area contributed by atoms with Crippen LogP contribution < -0.4 is 10.6 Å². The van der Waals surface area contributed by atoms with Gasteiger partial charge in [0, 0.05) is 24.9 Å². The quantitative estimate of drug-likeness (QED) is 0.826. The van der Waals surface area contributed by atoms with Crippen molar-refractivity contribution in [2.45, 2.75) is 40.0 Å². The lowest BCUT2D eigenvalue weighted by atomic mass is 9.78. The molecule has 0 atom stereocenters. The van der Waals surface area contributed by atoms with E-state index in [-0.39, 0.29) is 36.0 Å². The summed E-state index contributed by atoms with van der Waals surface area (Å²) in [6, 6.07) is 7.28. The van der Waals surface area contributed by atoms with Crippen molar-refractivity contribution in [2.75, 3.05) is 11.9 Å². The normalized spacial score (nSPS) is 15.1. The summed E-state index contributed by atoms with van der Waals surface area (Å²) in [7, 11) is 0. The molecule has 0 unspecified atom stereocenters. The SMILES string of the molecule is Cc1cccc(C(=O)NCCC(=O)Nc2nc3c(s2)C(=O)CC(C)(C)C3)c1. The Morgan fingerprint density at radius 2 is 2.04 bits per heavy atom. The van der Waals surface area contributed by atoms with Crippen LogP contribution in [0.1, 0.15) is 58.0 Å². The maximum Gasteiger partial charge on any atom is 0.251 e. The number of Topliss-reactive ketones (excluding diaryl/α,β-unsaturated/α-hetero) is 1. The summed E-state index contributed by atoms with van der Waals surface area (Å²) in [5, 5.41) is 5.92. The van der Waals surface area contributed by atoms with E-state index >= 15 is 0 Å². The van der Waals surface area contributed by atoms with Gasteiger partial charge < -0.3 is 10.6 Å². The van der Waals surface area contributed by atoms with E-state index in [0.29, 0.717) is 22.0 Å². The molecule has 0 spiro atoms. The number of anilines is 1. The third kappa shape index (κ3) is 4.80. The Hall–Kier alpha value is -2.54. The number of carbonyl (C=O) groups excluding carboxylic acids is 3. The van der Waals surface area contributed by atoms with E-state index in [2.05, 4.69) is 15.6 Å². The molecule has 2 amide bonds. The molecule has 1 aliphatic carbocycles. The molecule has 0 bridgehead atoms. The molecule has 2 aromatic rings. The standard InChI is InChI=1S/C20H23N3O3S/c1-12-5-4-6-13(9-12)18(26)21-8-7-16(25)23-19-22-14-10-20(2,3)11-15(24)17(14)27-19/h4-6,9H,7-8,10-11H2,1-3H3,(H,21,26)(H,22,23,25). The zero-order valence-corrected chi connectivity index (χ0v) is 16.5. The van der Waals surface area contributed by atoms with Crippen LogP contribution in [-0.4, -0.2) is 29.1 Å². The number of nitrogens with zero attached hydrogens (tertiary/aromatic N) is 1. The highest BCUT2D eigenvalue weighted by molar-refractivity contribution is 7.17. The second-order valence-corrected chi connectivity index (χ2v) is 8.66. The molecule has 1 heterocycles. The number of rotatable bonds is 5. The predicted molar refractivity (Wildman–Crippen MR) is 105 cm³/mol. The Balaban J connectivity index is 1.52. The maximum atomic E-state index is 12.2. The van der Waals surface area contributed by atoms with Gasteiger partial charge >= 0.3 is 0 Å². The van der Waals surface area contributed by atoms with Crippen LogP contribution in [0.15, 0.2) is 24.3 Å². The minimum Gasteiger partial charge on any atom is -0.352 e. The Bertz CT molecular complexity index is 902. The summed E-state index contributed by atoms with van der Waals surface area (Å²) >= 11 is 1.23. The van der Waals surface area contributed by atoms with Gasteiger partial charge in [0.15, 0.2) is 10.9 Å². The van der Waals surface area contributed by atoms with Crippen LogP contribution in [0.2, 0.25) is 0 Å². The first-order chi connectivity index (χ1) is 12.7. The Morgan fingerprint density at radius 1 is 1.26 bits per heavy atom. The minimum atomic E-state index is -0.239. The molecular formula is C20H23N3O3S. The lowest BCUT2D eigenvalue weighted by molar-refractivity contribution is -0.116. The largest absolute Gasteiger partial charge is 0.352 e. The Morgan fingerprint density at radius 3 is 2.78 bits per heavy atom. The summed E-state index contributed by atoms with van der Waals surface area (Å²) in [6.07, 6.45) is 1.37. The molecular weight excluding hydrogens is 362 g/mol. The van der Waals surface area contributed by atoms with Gasteiger partial charge in [0.2, 0.25) is 5.91 Å². The van der Waals surface area contributed by atoms with E-state index in [9.17, 15) is 14.4 Å². The first-order valence-corrected chi connectivity index (χ1v) is 9.73. The zero-order valence-electron chi connectivity index (χ0n) is 15.7. The molecule has 0 aliphatic heterocycles. The lowest BCUT2D eigenvalue weighted by Gasteiger charge is -2.26. The zero-order chi connectivity index (χ0) is 19.6. The molecule has 142 valence electrons. The fourth-order valence-electron chi connectivity index (χ4n) is 3.13. The van der Waals surface area contributed by atoms with Gasteiger partial charge in [0.1, 0.15) is 0 Å². The number of fused-ring (bicyclic) bond motifs is 1. The van der Waals surface area contributed by atoms with Crippen molar-refractivity contribution in [1.29, 1.82) is 0 Å². The van der Waals surface area contributed by atoms with Crippen LogP contribution in [0, 0.1) is 12.3 Å². The van der Waals surface area contributed by atoms with Crippen LogP contribution in [0.3, 0.4) is 0 Å². The monoisotopic (exact) mass is 385 g/mol. The summed E-state index contributed by atoms with van der Waals surface area (Å²) in [5.74, 6) is -0.356. The van der Waals surface area contributed by atoms with Crippen molar-refractivity contribution in [2.24, 2.45) is 5.41 Å². The highest BCUT2D eigenvalue weighted by Crippen LogP contribution is 2.38. The van der Waals surface area contributed by atoms with Gasteiger partial charge in [0.25, 0.3) is 5.91 Å². The average Bonchev–Trinajstić information content (AvgIpc) is 2.95. The van der Waals surface area contributed by atoms with E-state index in [4.69, 9.17) is 0 Å². The number of ketones is 1. The molecule has 3 rings (SSSR count). The summed E-state index contributed by atoms with van der Waals surface area (Å²) < 4.78 is 0. The average molecular weight is 385 g/mol. The van der Waals surface area contributed by atoms with E-state index in [1.54, 1.807) is 12.1 Å². The van der Waals surface area contributed by atoms with Crippen molar-refractivity contribution in [3.8, 4) is 0 Å². The first-order valence-electron chi connectivity index (χ1n) is 8.91. The Labute approximate surface area is 162 Å². The first kappa shape index (κ1) is 19.2. The number of nitrogens with one attached hydrogen (secondary N) is 2. The highest BCUT2D eigenvalue weighted by atomic mass is 32.1. The van der Waals surface area contributed by atoms with Crippen molar-refractivity contribution >= 4 is 34.1 Å². The summed E-state index contributed by atoms with van der Waals surface area (Å²) in [4.78, 5) is 41.5. The van der Waals surface area contributed by atoms with Gasteiger partial charge in [-0.3, -0.25) is 14.4 Å². The van der Waals surface area contributed by atoms with Crippen LogP contribution in [0.25, 0.3) is 0 Å². The lowest BCUT2D eigenvalue weighted by Crippen LogP contribution is -2.27. The van der Waals surface area contributed by atoms with Crippen molar-refractivity contribution < 1.29 is 14.4 Å². The number of thiazole rings is 1. The number of amides is 2. The topological polar surface area (TPSA) is 88.2 Å². The van der Waals surface area contributed by atoms with Crippen LogP contribution in [-0.2, 0) is 11.2 Å². The van der Waals surface area contributed by atoms with Crippen molar-refractivity contribution in [3.63, 3.8) is 0 Å². The molecule has 27 heavy (non-hydrogen) atoms. The highest BCUT2D eigenvalue weighted by Gasteiger charge is 2.34. The van der Waals surface area contributed by atoms with Crippen LogP contribution >= 0.6 is 11.3 Å². The van der Waals surface area contributed by atoms with E-state index < -0.39 is 0 Å².